The Morgan fingerprint density at radius 3 is 2.96 bits per heavy atom. The molecule has 0 bridgehead atoms. The number of amides is 1. The molecule has 1 fully saturated rings. The van der Waals surface area contributed by atoms with Crippen LogP contribution in [-0.2, 0) is 4.74 Å². The molecule has 4 rings (SSSR count). The lowest BCUT2D eigenvalue weighted by atomic mass is 10.1. The number of aromatic nitrogens is 3. The molecule has 8 heteroatoms. The van der Waals surface area contributed by atoms with Crippen LogP contribution in [0.3, 0.4) is 0 Å². The van der Waals surface area contributed by atoms with E-state index in [-0.39, 0.29) is 17.6 Å². The van der Waals surface area contributed by atoms with Crippen LogP contribution >= 0.6 is 0 Å². The first kappa shape index (κ1) is 17.4. The molecule has 1 amide bonds. The van der Waals surface area contributed by atoms with E-state index in [1.54, 1.807) is 25.4 Å². The summed E-state index contributed by atoms with van der Waals surface area (Å²) in [5.74, 6) is 0.0914. The quantitative estimate of drug-likeness (QED) is 0.678. The fourth-order valence-corrected chi connectivity index (χ4v) is 3.30. The van der Waals surface area contributed by atoms with E-state index < -0.39 is 0 Å². The topological polar surface area (TPSA) is 97.6 Å². The predicted octanol–water partition coefficient (Wildman–Crippen LogP) is 1.50. The monoisotopic (exact) mass is 367 g/mol. The molecule has 1 aliphatic rings. The standard InChI is InChI=1S/C19H21N5O3/c1-11-5-6-15-22-17-14(19(26)24(15)10-11)8-13(18(25)20-2)16(23-17)21-9-12-4-3-7-27-12/h5-6,8,10,12H,3-4,7,9H2,1-2H3,(H,20,25)(H,21,23)/t12-/m0/s1. The van der Waals surface area contributed by atoms with Gasteiger partial charge in [-0.1, -0.05) is 6.07 Å². The third-order valence-corrected chi connectivity index (χ3v) is 4.74. The summed E-state index contributed by atoms with van der Waals surface area (Å²) in [5, 5.41) is 6.10. The molecule has 27 heavy (non-hydrogen) atoms. The van der Waals surface area contributed by atoms with Crippen molar-refractivity contribution < 1.29 is 9.53 Å². The van der Waals surface area contributed by atoms with Crippen molar-refractivity contribution >= 4 is 28.4 Å². The lowest BCUT2D eigenvalue weighted by Gasteiger charge is -2.14. The van der Waals surface area contributed by atoms with Gasteiger partial charge in [0.15, 0.2) is 5.65 Å². The molecule has 3 aromatic heterocycles. The number of nitrogens with one attached hydrogen (secondary N) is 2. The van der Waals surface area contributed by atoms with Crippen molar-refractivity contribution in [2.45, 2.75) is 25.9 Å². The van der Waals surface area contributed by atoms with E-state index >= 15 is 0 Å². The molecule has 0 spiro atoms. The number of anilines is 1. The second-order valence-electron chi connectivity index (χ2n) is 6.70. The minimum atomic E-state index is -0.312. The van der Waals surface area contributed by atoms with Gasteiger partial charge in [0.05, 0.1) is 17.1 Å². The van der Waals surface area contributed by atoms with E-state index in [9.17, 15) is 9.59 Å². The molecule has 4 heterocycles. The van der Waals surface area contributed by atoms with E-state index in [1.165, 1.54) is 4.40 Å². The zero-order chi connectivity index (χ0) is 19.0. The Morgan fingerprint density at radius 2 is 2.22 bits per heavy atom. The van der Waals surface area contributed by atoms with Crippen molar-refractivity contribution in [1.82, 2.24) is 19.7 Å². The van der Waals surface area contributed by atoms with E-state index in [0.29, 0.717) is 34.6 Å². The van der Waals surface area contributed by atoms with Crippen LogP contribution < -0.4 is 16.2 Å². The highest BCUT2D eigenvalue weighted by Gasteiger charge is 2.20. The zero-order valence-electron chi connectivity index (χ0n) is 15.3. The average molecular weight is 367 g/mol. The molecule has 8 nitrogen and oxygen atoms in total. The van der Waals surface area contributed by atoms with Crippen molar-refractivity contribution in [3.63, 3.8) is 0 Å². The Bertz CT molecular complexity index is 1090. The van der Waals surface area contributed by atoms with E-state index in [2.05, 4.69) is 20.6 Å². The number of ether oxygens (including phenoxy) is 1. The smallest absolute Gasteiger partial charge is 0.267 e. The van der Waals surface area contributed by atoms with Gasteiger partial charge in [-0.2, -0.15) is 0 Å². The fraction of sp³-hybridized carbons (Fsp3) is 0.368. The lowest BCUT2D eigenvalue weighted by Crippen LogP contribution is -2.25. The first-order chi connectivity index (χ1) is 13.1. The summed E-state index contributed by atoms with van der Waals surface area (Å²) in [6.45, 7) is 3.21. The number of nitrogens with zero attached hydrogens (tertiary/aromatic N) is 3. The number of hydrogen-bond acceptors (Lipinski definition) is 6. The van der Waals surface area contributed by atoms with Crippen molar-refractivity contribution in [3.8, 4) is 0 Å². The van der Waals surface area contributed by atoms with Gasteiger partial charge in [0.1, 0.15) is 11.5 Å². The lowest BCUT2D eigenvalue weighted by molar-refractivity contribution is 0.0963. The van der Waals surface area contributed by atoms with Crippen LogP contribution in [0.5, 0.6) is 0 Å². The Hall–Kier alpha value is -3.00. The van der Waals surface area contributed by atoms with E-state index in [0.717, 1.165) is 25.0 Å². The normalized spacial score (nSPS) is 16.7. The minimum Gasteiger partial charge on any atom is -0.376 e. The van der Waals surface area contributed by atoms with Gasteiger partial charge in [-0.25, -0.2) is 9.97 Å². The molecular weight excluding hydrogens is 346 g/mol. The van der Waals surface area contributed by atoms with Crippen LogP contribution in [0.4, 0.5) is 5.82 Å². The number of rotatable bonds is 4. The van der Waals surface area contributed by atoms with E-state index in [4.69, 9.17) is 4.74 Å². The first-order valence-electron chi connectivity index (χ1n) is 8.98. The summed E-state index contributed by atoms with van der Waals surface area (Å²) in [6.07, 6.45) is 3.83. The van der Waals surface area contributed by atoms with Crippen LogP contribution in [0.2, 0.25) is 0 Å². The summed E-state index contributed by atoms with van der Waals surface area (Å²) >= 11 is 0. The Labute approximate surface area is 155 Å². The largest absolute Gasteiger partial charge is 0.376 e. The molecule has 2 N–H and O–H groups in total. The van der Waals surface area contributed by atoms with Gasteiger partial charge < -0.3 is 15.4 Å². The predicted molar refractivity (Wildman–Crippen MR) is 102 cm³/mol. The second-order valence-corrected chi connectivity index (χ2v) is 6.70. The molecule has 1 aliphatic heterocycles. The van der Waals surface area contributed by atoms with Crippen molar-refractivity contribution in [1.29, 1.82) is 0 Å². The molecule has 0 aromatic carbocycles. The van der Waals surface area contributed by atoms with Crippen molar-refractivity contribution in [3.05, 3.63) is 45.9 Å². The number of carbonyl (C=O) groups is 1. The van der Waals surface area contributed by atoms with Gasteiger partial charge in [0, 0.05) is 26.4 Å². The first-order valence-corrected chi connectivity index (χ1v) is 8.98. The SMILES string of the molecule is CNC(=O)c1cc2c(=O)n3cc(C)ccc3nc2nc1NC[C@@H]1CCCO1. The van der Waals surface area contributed by atoms with Crippen LogP contribution in [-0.4, -0.2) is 46.6 Å². The van der Waals surface area contributed by atoms with Crippen LogP contribution in [0.1, 0.15) is 28.8 Å². The molecule has 0 aliphatic carbocycles. The summed E-state index contributed by atoms with van der Waals surface area (Å²) in [7, 11) is 1.55. The van der Waals surface area contributed by atoms with Crippen molar-refractivity contribution in [2.24, 2.45) is 0 Å². The molecule has 1 atom stereocenters. The molecule has 140 valence electrons. The average Bonchev–Trinajstić information content (AvgIpc) is 3.19. The van der Waals surface area contributed by atoms with Gasteiger partial charge in [0.25, 0.3) is 11.5 Å². The maximum Gasteiger partial charge on any atom is 0.267 e. The second kappa shape index (κ2) is 6.96. The Morgan fingerprint density at radius 1 is 1.37 bits per heavy atom. The molecule has 0 unspecified atom stereocenters. The fourth-order valence-electron chi connectivity index (χ4n) is 3.30. The van der Waals surface area contributed by atoms with E-state index in [1.807, 2.05) is 13.0 Å². The van der Waals surface area contributed by atoms with Gasteiger partial charge >= 0.3 is 0 Å². The van der Waals surface area contributed by atoms with Gasteiger partial charge in [-0.05, 0) is 37.5 Å². The molecular formula is C19H21N5O3. The summed E-state index contributed by atoms with van der Waals surface area (Å²) in [6, 6.07) is 5.23. The van der Waals surface area contributed by atoms with Crippen LogP contribution in [0.15, 0.2) is 29.2 Å². The van der Waals surface area contributed by atoms with Crippen LogP contribution in [0.25, 0.3) is 16.7 Å². The number of carbonyl (C=O) groups excluding carboxylic acids is 1. The summed E-state index contributed by atoms with van der Waals surface area (Å²) in [5.41, 5.74) is 1.84. The Balaban J connectivity index is 1.85. The molecule has 0 radical (unpaired) electrons. The highest BCUT2D eigenvalue weighted by molar-refractivity contribution is 6.01. The van der Waals surface area contributed by atoms with Crippen LogP contribution in [0, 0.1) is 6.92 Å². The number of hydrogen-bond donors (Lipinski definition) is 2. The maximum absolute atomic E-state index is 12.9. The summed E-state index contributed by atoms with van der Waals surface area (Å²) < 4.78 is 7.10. The Kier molecular flexibility index (Phi) is 4.49. The zero-order valence-corrected chi connectivity index (χ0v) is 15.3. The van der Waals surface area contributed by atoms with Gasteiger partial charge in [0.2, 0.25) is 0 Å². The number of aryl methyl sites for hydroxylation is 1. The summed E-state index contributed by atoms with van der Waals surface area (Å²) in [4.78, 5) is 34.2. The van der Waals surface area contributed by atoms with Gasteiger partial charge in [-0.3, -0.25) is 14.0 Å². The molecule has 1 saturated heterocycles. The third kappa shape index (κ3) is 3.23. The number of fused-ring (bicyclic) bond motifs is 2. The molecule has 0 saturated carbocycles. The highest BCUT2D eigenvalue weighted by Crippen LogP contribution is 2.20. The minimum absolute atomic E-state index is 0.0956. The molecule has 3 aromatic rings. The van der Waals surface area contributed by atoms with Crippen molar-refractivity contribution in [2.75, 3.05) is 25.5 Å². The number of pyridine rings is 2. The van der Waals surface area contributed by atoms with Gasteiger partial charge in [-0.15, -0.1) is 0 Å². The maximum atomic E-state index is 12.9. The third-order valence-electron chi connectivity index (χ3n) is 4.74. The highest BCUT2D eigenvalue weighted by atomic mass is 16.5.